The Morgan fingerprint density at radius 2 is 1.86 bits per heavy atom. The molecule has 0 aromatic rings. The molecule has 2 amide bonds. The molecule has 2 rings (SSSR count). The van der Waals surface area contributed by atoms with Crippen LogP contribution >= 0.6 is 0 Å². The van der Waals surface area contributed by atoms with Crippen molar-refractivity contribution in [2.75, 3.05) is 26.7 Å². The van der Waals surface area contributed by atoms with Crippen LogP contribution in [-0.4, -0.2) is 65.7 Å². The Morgan fingerprint density at radius 1 is 1.19 bits per heavy atom. The smallest absolute Gasteiger partial charge is 0.323 e. The van der Waals surface area contributed by atoms with Crippen molar-refractivity contribution in [1.29, 1.82) is 0 Å². The fourth-order valence-corrected chi connectivity index (χ4v) is 3.44. The molecular weight excluding hydrogens is 270 g/mol. The highest BCUT2D eigenvalue weighted by atomic mass is 16.4. The standard InChI is InChI=1S/C15H27N3O3/c1-17-9-5-4-8-13(17)10-16-15(21)18(11-14(19)20)12-6-2-3-7-12/h12-13H,2-11H2,1H3,(H,16,21)(H,19,20). The molecule has 0 aromatic carbocycles. The Labute approximate surface area is 126 Å². The summed E-state index contributed by atoms with van der Waals surface area (Å²) < 4.78 is 0. The maximum Gasteiger partial charge on any atom is 0.323 e. The average Bonchev–Trinajstić information content (AvgIpc) is 2.97. The van der Waals surface area contributed by atoms with Gasteiger partial charge in [-0.25, -0.2) is 4.79 Å². The number of carboxylic acids is 1. The van der Waals surface area contributed by atoms with Crippen LogP contribution in [0.5, 0.6) is 0 Å². The van der Waals surface area contributed by atoms with Crippen molar-refractivity contribution in [3.05, 3.63) is 0 Å². The highest BCUT2D eigenvalue weighted by molar-refractivity contribution is 5.80. The number of nitrogens with one attached hydrogen (secondary N) is 1. The molecule has 2 aliphatic rings. The quantitative estimate of drug-likeness (QED) is 0.807. The summed E-state index contributed by atoms with van der Waals surface area (Å²) in [6.07, 6.45) is 7.52. The van der Waals surface area contributed by atoms with E-state index < -0.39 is 5.97 Å². The van der Waals surface area contributed by atoms with Gasteiger partial charge in [-0.05, 0) is 39.3 Å². The molecule has 1 heterocycles. The van der Waals surface area contributed by atoms with Gasteiger partial charge < -0.3 is 20.2 Å². The maximum atomic E-state index is 12.3. The van der Waals surface area contributed by atoms with Gasteiger partial charge in [-0.15, -0.1) is 0 Å². The topological polar surface area (TPSA) is 72.9 Å². The summed E-state index contributed by atoms with van der Waals surface area (Å²) in [6, 6.07) is 0.242. The van der Waals surface area contributed by atoms with Gasteiger partial charge in [0.2, 0.25) is 0 Å². The summed E-state index contributed by atoms with van der Waals surface area (Å²) in [5.41, 5.74) is 0. The number of amides is 2. The van der Waals surface area contributed by atoms with Crippen LogP contribution in [0.15, 0.2) is 0 Å². The first kappa shape index (κ1) is 16.1. The van der Waals surface area contributed by atoms with E-state index in [4.69, 9.17) is 5.11 Å². The van der Waals surface area contributed by atoms with E-state index in [1.54, 1.807) is 0 Å². The number of aliphatic carboxylic acids is 1. The minimum absolute atomic E-state index is 0.0881. The summed E-state index contributed by atoms with van der Waals surface area (Å²) in [5, 5.41) is 12.0. The number of hydrogen-bond donors (Lipinski definition) is 2. The minimum atomic E-state index is -0.938. The third-order valence-corrected chi connectivity index (χ3v) is 4.74. The molecule has 120 valence electrons. The van der Waals surface area contributed by atoms with Crippen LogP contribution in [0.25, 0.3) is 0 Å². The van der Waals surface area contributed by atoms with Crippen molar-refractivity contribution >= 4 is 12.0 Å². The zero-order chi connectivity index (χ0) is 15.2. The van der Waals surface area contributed by atoms with Crippen molar-refractivity contribution < 1.29 is 14.7 Å². The molecule has 21 heavy (non-hydrogen) atoms. The Kier molecular flexibility index (Phi) is 5.85. The van der Waals surface area contributed by atoms with Crippen molar-refractivity contribution in [3.63, 3.8) is 0 Å². The summed E-state index contributed by atoms with van der Waals surface area (Å²) in [4.78, 5) is 27.1. The van der Waals surface area contributed by atoms with Crippen molar-refractivity contribution in [2.24, 2.45) is 0 Å². The molecule has 1 aliphatic heterocycles. The van der Waals surface area contributed by atoms with Gasteiger partial charge in [-0.1, -0.05) is 19.3 Å². The minimum Gasteiger partial charge on any atom is -0.480 e. The lowest BCUT2D eigenvalue weighted by molar-refractivity contribution is -0.138. The van der Waals surface area contributed by atoms with Gasteiger partial charge in [0, 0.05) is 18.6 Å². The Morgan fingerprint density at radius 3 is 2.48 bits per heavy atom. The number of carboxylic acid groups (broad SMARTS) is 1. The number of carbonyl (C=O) groups is 2. The predicted molar refractivity (Wildman–Crippen MR) is 80.3 cm³/mol. The maximum absolute atomic E-state index is 12.3. The third-order valence-electron chi connectivity index (χ3n) is 4.74. The van der Waals surface area contributed by atoms with Gasteiger partial charge in [0.1, 0.15) is 6.54 Å². The normalized spacial score (nSPS) is 24.0. The first-order chi connectivity index (χ1) is 10.1. The van der Waals surface area contributed by atoms with Crippen LogP contribution < -0.4 is 5.32 Å². The van der Waals surface area contributed by atoms with Gasteiger partial charge in [-0.3, -0.25) is 4.79 Å². The molecule has 1 atom stereocenters. The van der Waals surface area contributed by atoms with Crippen LogP contribution in [0, 0.1) is 0 Å². The second-order valence-electron chi connectivity index (χ2n) is 6.28. The largest absolute Gasteiger partial charge is 0.480 e. The Bertz CT molecular complexity index is 369. The van der Waals surface area contributed by atoms with Gasteiger partial charge in [0.05, 0.1) is 0 Å². The number of urea groups is 1. The fourth-order valence-electron chi connectivity index (χ4n) is 3.44. The average molecular weight is 297 g/mol. The van der Waals surface area contributed by atoms with E-state index >= 15 is 0 Å². The van der Waals surface area contributed by atoms with E-state index in [0.29, 0.717) is 12.6 Å². The van der Waals surface area contributed by atoms with Gasteiger partial charge in [0.25, 0.3) is 0 Å². The lowest BCUT2D eigenvalue weighted by Gasteiger charge is -2.34. The summed E-state index contributed by atoms with van der Waals surface area (Å²) in [7, 11) is 2.09. The number of likely N-dealkylation sites (tertiary alicyclic amines) is 1. The first-order valence-corrected chi connectivity index (χ1v) is 8.04. The molecule has 0 bridgehead atoms. The second kappa shape index (κ2) is 7.64. The molecule has 0 radical (unpaired) electrons. The number of piperidine rings is 1. The highest BCUT2D eigenvalue weighted by Crippen LogP contribution is 2.23. The zero-order valence-corrected chi connectivity index (χ0v) is 12.9. The first-order valence-electron chi connectivity index (χ1n) is 8.04. The SMILES string of the molecule is CN1CCCCC1CNC(=O)N(CC(=O)O)C1CCCC1. The van der Waals surface area contributed by atoms with Crippen molar-refractivity contribution in [1.82, 2.24) is 15.1 Å². The number of carbonyl (C=O) groups excluding carboxylic acids is 1. The van der Waals surface area contributed by atoms with Crippen molar-refractivity contribution in [2.45, 2.75) is 57.0 Å². The molecule has 1 unspecified atom stereocenters. The van der Waals surface area contributed by atoms with Crippen LogP contribution in [-0.2, 0) is 4.79 Å². The number of nitrogens with zero attached hydrogens (tertiary/aromatic N) is 2. The summed E-state index contributed by atoms with van der Waals surface area (Å²) in [5.74, 6) is -0.938. The molecule has 1 aliphatic carbocycles. The lowest BCUT2D eigenvalue weighted by Crippen LogP contribution is -2.51. The summed E-state index contributed by atoms with van der Waals surface area (Å²) >= 11 is 0. The fraction of sp³-hybridized carbons (Fsp3) is 0.867. The molecule has 1 saturated carbocycles. The lowest BCUT2D eigenvalue weighted by atomic mass is 10.0. The predicted octanol–water partition coefficient (Wildman–Crippen LogP) is 1.51. The molecule has 0 spiro atoms. The van der Waals surface area contributed by atoms with Gasteiger partial charge >= 0.3 is 12.0 Å². The molecule has 6 heteroatoms. The van der Waals surface area contributed by atoms with Crippen molar-refractivity contribution in [3.8, 4) is 0 Å². The van der Waals surface area contributed by atoms with E-state index in [1.807, 2.05) is 0 Å². The zero-order valence-electron chi connectivity index (χ0n) is 12.9. The van der Waals surface area contributed by atoms with Gasteiger partial charge in [0.15, 0.2) is 0 Å². The third kappa shape index (κ3) is 4.59. The van der Waals surface area contributed by atoms with Crippen LogP contribution in [0.1, 0.15) is 44.9 Å². The Balaban J connectivity index is 1.86. The second-order valence-corrected chi connectivity index (χ2v) is 6.28. The van der Waals surface area contributed by atoms with E-state index in [2.05, 4.69) is 17.3 Å². The van der Waals surface area contributed by atoms with Crippen LogP contribution in [0.3, 0.4) is 0 Å². The molecule has 2 fully saturated rings. The monoisotopic (exact) mass is 297 g/mol. The number of likely N-dealkylation sites (N-methyl/N-ethyl adjacent to an activating group) is 1. The molecule has 0 aromatic heterocycles. The number of rotatable bonds is 5. The summed E-state index contributed by atoms with van der Waals surface area (Å²) in [6.45, 7) is 1.48. The highest BCUT2D eigenvalue weighted by Gasteiger charge is 2.29. The molecule has 6 nitrogen and oxygen atoms in total. The molecular formula is C15H27N3O3. The number of hydrogen-bond acceptors (Lipinski definition) is 3. The van der Waals surface area contributed by atoms with Gasteiger partial charge in [-0.2, -0.15) is 0 Å². The van der Waals surface area contributed by atoms with E-state index in [1.165, 1.54) is 17.7 Å². The van der Waals surface area contributed by atoms with E-state index in [9.17, 15) is 9.59 Å². The van der Waals surface area contributed by atoms with E-state index in [-0.39, 0.29) is 18.6 Å². The van der Waals surface area contributed by atoms with E-state index in [0.717, 1.165) is 38.6 Å². The molecule has 2 N–H and O–H groups in total. The Hall–Kier alpha value is -1.30. The van der Waals surface area contributed by atoms with Crippen LogP contribution in [0.2, 0.25) is 0 Å². The van der Waals surface area contributed by atoms with Crippen LogP contribution in [0.4, 0.5) is 4.79 Å². The molecule has 1 saturated heterocycles.